The molecule has 2 aromatic carbocycles. The van der Waals surface area contributed by atoms with E-state index in [9.17, 15) is 9.18 Å². The Bertz CT molecular complexity index is 641. The normalized spacial score (nSPS) is 11.6. The van der Waals surface area contributed by atoms with Gasteiger partial charge < -0.3 is 15.4 Å². The average molecular weight is 330 g/mol. The molecule has 0 saturated carbocycles. The summed E-state index contributed by atoms with van der Waals surface area (Å²) in [6, 6.07) is 13.4. The number of amides is 1. The zero-order valence-corrected chi connectivity index (χ0v) is 14.0. The number of nitrogens with one attached hydrogen (secondary N) is 2. The van der Waals surface area contributed by atoms with Crippen LogP contribution in [-0.4, -0.2) is 25.1 Å². The minimum atomic E-state index is -0.351. The molecule has 2 aromatic rings. The lowest BCUT2D eigenvalue weighted by molar-refractivity contribution is -0.121. The quantitative estimate of drug-likeness (QED) is 0.780. The number of benzene rings is 2. The zero-order valence-electron chi connectivity index (χ0n) is 14.0. The van der Waals surface area contributed by atoms with Crippen LogP contribution in [0.3, 0.4) is 0 Å². The standard InChI is InChI=1S/C19H23FN2O2/c1-3-24-18-10-8-17(9-11-18)22-14(2)19(23)21-13-12-15-4-6-16(20)7-5-15/h4-11,14,22H,3,12-13H2,1-2H3,(H,21,23). The highest BCUT2D eigenvalue weighted by atomic mass is 19.1. The van der Waals surface area contributed by atoms with Crippen molar-refractivity contribution in [3.05, 3.63) is 59.9 Å². The summed E-state index contributed by atoms with van der Waals surface area (Å²) in [7, 11) is 0. The second-order valence-electron chi connectivity index (χ2n) is 5.49. The van der Waals surface area contributed by atoms with E-state index < -0.39 is 0 Å². The maximum atomic E-state index is 12.8. The highest BCUT2D eigenvalue weighted by Crippen LogP contribution is 2.16. The Balaban J connectivity index is 1.76. The van der Waals surface area contributed by atoms with Gasteiger partial charge in [-0.25, -0.2) is 4.39 Å². The molecule has 4 nitrogen and oxygen atoms in total. The molecule has 0 radical (unpaired) electrons. The van der Waals surface area contributed by atoms with Crippen LogP contribution >= 0.6 is 0 Å². The predicted octanol–water partition coefficient (Wildman–Crippen LogP) is 3.38. The summed E-state index contributed by atoms with van der Waals surface area (Å²) in [6.07, 6.45) is 0.668. The van der Waals surface area contributed by atoms with Crippen molar-refractivity contribution in [2.45, 2.75) is 26.3 Å². The fourth-order valence-electron chi connectivity index (χ4n) is 2.26. The Morgan fingerprint density at radius 3 is 2.42 bits per heavy atom. The first-order chi connectivity index (χ1) is 11.6. The van der Waals surface area contributed by atoms with Gasteiger partial charge in [0.1, 0.15) is 17.6 Å². The molecule has 0 bridgehead atoms. The smallest absolute Gasteiger partial charge is 0.242 e. The Labute approximate surface area is 142 Å². The molecule has 0 aliphatic heterocycles. The number of anilines is 1. The molecular weight excluding hydrogens is 307 g/mol. The van der Waals surface area contributed by atoms with Crippen molar-refractivity contribution in [2.75, 3.05) is 18.5 Å². The van der Waals surface area contributed by atoms with E-state index in [1.807, 2.05) is 38.1 Å². The second-order valence-corrected chi connectivity index (χ2v) is 5.49. The molecule has 0 aliphatic carbocycles. The number of carbonyl (C=O) groups is 1. The molecule has 0 spiro atoms. The van der Waals surface area contributed by atoms with Crippen molar-refractivity contribution >= 4 is 11.6 Å². The van der Waals surface area contributed by atoms with Crippen LogP contribution in [0.15, 0.2) is 48.5 Å². The lowest BCUT2D eigenvalue weighted by Gasteiger charge is -2.15. The summed E-state index contributed by atoms with van der Waals surface area (Å²) < 4.78 is 18.2. The Hall–Kier alpha value is -2.56. The first kappa shape index (κ1) is 17.8. The van der Waals surface area contributed by atoms with Crippen molar-refractivity contribution < 1.29 is 13.9 Å². The van der Waals surface area contributed by atoms with Gasteiger partial charge in [-0.3, -0.25) is 4.79 Å². The molecular formula is C19H23FN2O2. The van der Waals surface area contributed by atoms with Crippen molar-refractivity contribution in [2.24, 2.45) is 0 Å². The first-order valence-corrected chi connectivity index (χ1v) is 8.10. The minimum Gasteiger partial charge on any atom is -0.494 e. The van der Waals surface area contributed by atoms with Crippen molar-refractivity contribution in [3.8, 4) is 5.75 Å². The molecule has 1 amide bonds. The van der Waals surface area contributed by atoms with Crippen LogP contribution in [-0.2, 0) is 11.2 Å². The van der Waals surface area contributed by atoms with Gasteiger partial charge in [-0.05, 0) is 62.2 Å². The second kappa shape index (κ2) is 8.91. The fourth-order valence-corrected chi connectivity index (χ4v) is 2.26. The minimum absolute atomic E-state index is 0.0778. The number of ether oxygens (including phenoxy) is 1. The van der Waals surface area contributed by atoms with Gasteiger partial charge in [0.25, 0.3) is 0 Å². The molecule has 5 heteroatoms. The predicted molar refractivity (Wildman–Crippen MR) is 93.8 cm³/mol. The zero-order chi connectivity index (χ0) is 17.4. The third kappa shape index (κ3) is 5.57. The lowest BCUT2D eigenvalue weighted by atomic mass is 10.1. The summed E-state index contributed by atoms with van der Waals surface area (Å²) in [4.78, 5) is 12.1. The van der Waals surface area contributed by atoms with Gasteiger partial charge in [-0.15, -0.1) is 0 Å². The molecule has 2 rings (SSSR count). The van der Waals surface area contributed by atoms with Crippen LogP contribution in [0.25, 0.3) is 0 Å². The van der Waals surface area contributed by atoms with Gasteiger partial charge in [0.05, 0.1) is 6.61 Å². The maximum Gasteiger partial charge on any atom is 0.242 e. The molecule has 1 unspecified atom stereocenters. The number of hydrogen-bond acceptors (Lipinski definition) is 3. The van der Waals surface area contributed by atoms with Crippen LogP contribution in [0.2, 0.25) is 0 Å². The van der Waals surface area contributed by atoms with Crippen LogP contribution in [0.5, 0.6) is 5.75 Å². The van der Waals surface area contributed by atoms with Crippen LogP contribution in [0, 0.1) is 5.82 Å². The molecule has 128 valence electrons. The van der Waals surface area contributed by atoms with E-state index >= 15 is 0 Å². The van der Waals surface area contributed by atoms with E-state index in [0.717, 1.165) is 17.0 Å². The third-order valence-electron chi connectivity index (χ3n) is 3.57. The van der Waals surface area contributed by atoms with Crippen LogP contribution in [0.4, 0.5) is 10.1 Å². The summed E-state index contributed by atoms with van der Waals surface area (Å²) in [5.41, 5.74) is 1.85. The molecule has 0 saturated heterocycles. The highest BCUT2D eigenvalue weighted by Gasteiger charge is 2.11. The fraction of sp³-hybridized carbons (Fsp3) is 0.316. The van der Waals surface area contributed by atoms with E-state index in [1.165, 1.54) is 12.1 Å². The van der Waals surface area contributed by atoms with Crippen molar-refractivity contribution in [1.29, 1.82) is 0 Å². The number of carbonyl (C=O) groups excluding carboxylic acids is 1. The number of hydrogen-bond donors (Lipinski definition) is 2. The largest absolute Gasteiger partial charge is 0.494 e. The Morgan fingerprint density at radius 1 is 1.12 bits per heavy atom. The highest BCUT2D eigenvalue weighted by molar-refractivity contribution is 5.84. The molecule has 0 fully saturated rings. The molecule has 1 atom stereocenters. The van der Waals surface area contributed by atoms with Gasteiger partial charge in [0.15, 0.2) is 0 Å². The van der Waals surface area contributed by atoms with Crippen LogP contribution in [0.1, 0.15) is 19.4 Å². The SMILES string of the molecule is CCOc1ccc(NC(C)C(=O)NCCc2ccc(F)cc2)cc1. The number of halogens is 1. The summed E-state index contributed by atoms with van der Waals surface area (Å²) in [6.45, 7) is 4.88. The average Bonchev–Trinajstić information content (AvgIpc) is 2.58. The van der Waals surface area contributed by atoms with Crippen molar-refractivity contribution in [1.82, 2.24) is 5.32 Å². The van der Waals surface area contributed by atoms with Gasteiger partial charge in [-0.1, -0.05) is 12.1 Å². The van der Waals surface area contributed by atoms with E-state index in [-0.39, 0.29) is 17.8 Å². The molecule has 0 aliphatic rings. The first-order valence-electron chi connectivity index (χ1n) is 8.10. The maximum absolute atomic E-state index is 12.8. The molecule has 0 aromatic heterocycles. The summed E-state index contributed by atoms with van der Waals surface area (Å²) >= 11 is 0. The van der Waals surface area contributed by atoms with Gasteiger partial charge in [0.2, 0.25) is 5.91 Å². The lowest BCUT2D eigenvalue weighted by Crippen LogP contribution is -2.38. The van der Waals surface area contributed by atoms with Gasteiger partial charge in [0, 0.05) is 12.2 Å². The molecule has 24 heavy (non-hydrogen) atoms. The van der Waals surface area contributed by atoms with Crippen molar-refractivity contribution in [3.63, 3.8) is 0 Å². The van der Waals surface area contributed by atoms with E-state index in [0.29, 0.717) is 19.6 Å². The topological polar surface area (TPSA) is 50.4 Å². The van der Waals surface area contributed by atoms with E-state index in [4.69, 9.17) is 4.74 Å². The van der Waals surface area contributed by atoms with E-state index in [2.05, 4.69) is 10.6 Å². The van der Waals surface area contributed by atoms with Crippen LogP contribution < -0.4 is 15.4 Å². The Kier molecular flexibility index (Phi) is 6.61. The number of rotatable bonds is 8. The van der Waals surface area contributed by atoms with E-state index in [1.54, 1.807) is 12.1 Å². The third-order valence-corrected chi connectivity index (χ3v) is 3.57. The summed E-state index contributed by atoms with van der Waals surface area (Å²) in [5, 5.41) is 6.03. The Morgan fingerprint density at radius 2 is 1.79 bits per heavy atom. The summed E-state index contributed by atoms with van der Waals surface area (Å²) in [5.74, 6) is 0.474. The van der Waals surface area contributed by atoms with Gasteiger partial charge in [-0.2, -0.15) is 0 Å². The molecule has 2 N–H and O–H groups in total. The van der Waals surface area contributed by atoms with Gasteiger partial charge >= 0.3 is 0 Å². The molecule has 0 heterocycles. The monoisotopic (exact) mass is 330 g/mol.